The Morgan fingerprint density at radius 1 is 1.07 bits per heavy atom. The second-order valence-corrected chi connectivity index (χ2v) is 8.52. The number of hydrogen-bond donors (Lipinski definition) is 0. The molecule has 0 unspecified atom stereocenters. The molecular formula is C19H21Cl2NO5S. The predicted molar refractivity (Wildman–Crippen MR) is 108 cm³/mol. The fourth-order valence-corrected chi connectivity index (χ4v) is 4.42. The van der Waals surface area contributed by atoms with E-state index >= 15 is 0 Å². The van der Waals surface area contributed by atoms with Crippen LogP contribution in [0.4, 0.5) is 0 Å². The molecule has 0 saturated heterocycles. The summed E-state index contributed by atoms with van der Waals surface area (Å²) in [6.45, 7) is 1.76. The number of benzene rings is 2. The van der Waals surface area contributed by atoms with Gasteiger partial charge >= 0.3 is 5.97 Å². The molecule has 0 amide bonds. The molecule has 0 saturated carbocycles. The monoisotopic (exact) mass is 445 g/mol. The van der Waals surface area contributed by atoms with Gasteiger partial charge in [0.1, 0.15) is 5.75 Å². The van der Waals surface area contributed by atoms with Crippen LogP contribution in [0.2, 0.25) is 10.0 Å². The van der Waals surface area contributed by atoms with Crippen LogP contribution < -0.4 is 4.74 Å². The summed E-state index contributed by atoms with van der Waals surface area (Å²) in [5.41, 5.74) is 0.465. The molecule has 6 nitrogen and oxygen atoms in total. The number of methoxy groups -OCH3 is 1. The van der Waals surface area contributed by atoms with Crippen LogP contribution in [-0.4, -0.2) is 39.0 Å². The van der Waals surface area contributed by atoms with Crippen LogP contribution in [0.1, 0.15) is 18.9 Å². The van der Waals surface area contributed by atoms with E-state index in [0.717, 1.165) is 0 Å². The van der Waals surface area contributed by atoms with E-state index in [-0.39, 0.29) is 31.0 Å². The van der Waals surface area contributed by atoms with E-state index in [4.69, 9.17) is 32.7 Å². The topological polar surface area (TPSA) is 72.9 Å². The molecule has 0 aliphatic rings. The number of sulfonamides is 1. The Morgan fingerprint density at radius 2 is 1.68 bits per heavy atom. The SMILES string of the molecule is CCOC(=O)CCN(Cc1c(Cl)cccc1Cl)S(=O)(=O)c1ccc(OC)cc1. The van der Waals surface area contributed by atoms with Gasteiger partial charge in [-0.05, 0) is 43.3 Å². The van der Waals surface area contributed by atoms with Crippen LogP contribution in [0.5, 0.6) is 5.75 Å². The first-order valence-electron chi connectivity index (χ1n) is 8.52. The second-order valence-electron chi connectivity index (χ2n) is 5.77. The fraction of sp³-hybridized carbons (Fsp3) is 0.316. The van der Waals surface area contributed by atoms with Crippen molar-refractivity contribution in [2.75, 3.05) is 20.3 Å². The van der Waals surface area contributed by atoms with E-state index in [1.807, 2.05) is 0 Å². The van der Waals surface area contributed by atoms with E-state index in [2.05, 4.69) is 0 Å². The lowest BCUT2D eigenvalue weighted by atomic mass is 10.2. The Morgan fingerprint density at radius 3 is 2.21 bits per heavy atom. The molecule has 0 fully saturated rings. The zero-order chi connectivity index (χ0) is 20.7. The van der Waals surface area contributed by atoms with E-state index < -0.39 is 16.0 Å². The molecule has 2 rings (SSSR count). The molecule has 0 atom stereocenters. The van der Waals surface area contributed by atoms with Crippen LogP contribution in [0.25, 0.3) is 0 Å². The summed E-state index contributed by atoms with van der Waals surface area (Å²) in [5, 5.41) is 0.692. The minimum absolute atomic E-state index is 0.0698. The van der Waals surface area contributed by atoms with Crippen molar-refractivity contribution < 1.29 is 22.7 Å². The zero-order valence-corrected chi connectivity index (χ0v) is 17.9. The molecule has 0 heterocycles. The summed E-state index contributed by atoms with van der Waals surface area (Å²) in [7, 11) is -2.42. The van der Waals surface area contributed by atoms with Crippen molar-refractivity contribution in [3.63, 3.8) is 0 Å². The fourth-order valence-electron chi connectivity index (χ4n) is 2.49. The van der Waals surface area contributed by atoms with Crippen LogP contribution >= 0.6 is 23.2 Å². The largest absolute Gasteiger partial charge is 0.497 e. The standard InChI is InChI=1S/C19H21Cl2NO5S/c1-3-27-19(23)11-12-22(13-16-17(20)5-4-6-18(16)21)28(24,25)15-9-7-14(26-2)8-10-15/h4-10H,3,11-13H2,1-2H3. The third-order valence-electron chi connectivity index (χ3n) is 3.96. The first kappa shape index (κ1) is 22.5. The Kier molecular flexibility index (Phi) is 8.12. The molecule has 28 heavy (non-hydrogen) atoms. The summed E-state index contributed by atoms with van der Waals surface area (Å²) < 4.78 is 37.5. The highest BCUT2D eigenvalue weighted by Crippen LogP contribution is 2.28. The van der Waals surface area contributed by atoms with Crippen molar-refractivity contribution in [3.05, 3.63) is 58.1 Å². The number of carbonyl (C=O) groups excluding carboxylic acids is 1. The van der Waals surface area contributed by atoms with Crippen molar-refractivity contribution in [2.45, 2.75) is 24.8 Å². The Bertz CT molecular complexity index is 896. The Balaban J connectivity index is 2.36. The number of esters is 1. The minimum atomic E-state index is -3.92. The van der Waals surface area contributed by atoms with Crippen molar-refractivity contribution >= 4 is 39.2 Å². The summed E-state index contributed by atoms with van der Waals surface area (Å²) in [6, 6.07) is 10.9. The number of hydrogen-bond acceptors (Lipinski definition) is 5. The van der Waals surface area contributed by atoms with Gasteiger partial charge in [-0.15, -0.1) is 0 Å². The number of carbonyl (C=O) groups is 1. The van der Waals surface area contributed by atoms with Gasteiger partial charge in [0.05, 0.1) is 25.0 Å². The molecule has 0 spiro atoms. The third kappa shape index (κ3) is 5.61. The molecule has 2 aromatic rings. The lowest BCUT2D eigenvalue weighted by Crippen LogP contribution is -2.33. The molecule has 0 aliphatic carbocycles. The Hall–Kier alpha value is -1.80. The van der Waals surface area contributed by atoms with E-state index in [1.54, 1.807) is 37.3 Å². The van der Waals surface area contributed by atoms with E-state index in [1.165, 1.54) is 23.5 Å². The molecular weight excluding hydrogens is 425 g/mol. The molecule has 0 N–H and O–H groups in total. The second kappa shape index (κ2) is 10.1. The van der Waals surface area contributed by atoms with Gasteiger partial charge in [-0.3, -0.25) is 4.79 Å². The molecule has 0 bridgehead atoms. The minimum Gasteiger partial charge on any atom is -0.497 e. The lowest BCUT2D eigenvalue weighted by Gasteiger charge is -2.23. The maximum absolute atomic E-state index is 13.2. The Labute approximate surface area is 175 Å². The average Bonchev–Trinajstić information content (AvgIpc) is 2.67. The summed E-state index contributed by atoms with van der Waals surface area (Å²) in [5.74, 6) is 0.0499. The predicted octanol–water partition coefficient (Wildman–Crippen LogP) is 4.15. The highest BCUT2D eigenvalue weighted by atomic mass is 35.5. The molecule has 9 heteroatoms. The van der Waals surface area contributed by atoms with E-state index in [0.29, 0.717) is 21.4 Å². The molecule has 152 valence electrons. The summed E-state index contributed by atoms with van der Waals surface area (Å²) in [4.78, 5) is 11.8. The number of ether oxygens (including phenoxy) is 2. The van der Waals surface area contributed by atoms with E-state index in [9.17, 15) is 13.2 Å². The van der Waals surface area contributed by atoms with Crippen LogP contribution in [0.15, 0.2) is 47.4 Å². The van der Waals surface area contributed by atoms with Crippen molar-refractivity contribution in [2.24, 2.45) is 0 Å². The van der Waals surface area contributed by atoms with Gasteiger partial charge in [0.25, 0.3) is 0 Å². The van der Waals surface area contributed by atoms with Crippen molar-refractivity contribution in [1.29, 1.82) is 0 Å². The first-order valence-corrected chi connectivity index (χ1v) is 10.7. The van der Waals surface area contributed by atoms with Gasteiger partial charge in [-0.25, -0.2) is 8.42 Å². The summed E-state index contributed by atoms with van der Waals surface area (Å²) in [6.07, 6.45) is -0.0920. The van der Waals surface area contributed by atoms with Gasteiger partial charge < -0.3 is 9.47 Å². The third-order valence-corrected chi connectivity index (χ3v) is 6.53. The maximum atomic E-state index is 13.2. The van der Waals surface area contributed by atoms with Gasteiger partial charge in [-0.1, -0.05) is 29.3 Å². The molecule has 0 aliphatic heterocycles. The normalized spacial score (nSPS) is 11.5. The zero-order valence-electron chi connectivity index (χ0n) is 15.5. The van der Waals surface area contributed by atoms with Crippen LogP contribution in [-0.2, 0) is 26.1 Å². The molecule has 0 aromatic heterocycles. The van der Waals surface area contributed by atoms with Gasteiger partial charge in [0, 0.05) is 28.7 Å². The highest BCUT2D eigenvalue weighted by Gasteiger charge is 2.27. The number of halogens is 2. The van der Waals surface area contributed by atoms with Crippen molar-refractivity contribution in [1.82, 2.24) is 4.31 Å². The first-order chi connectivity index (χ1) is 13.3. The maximum Gasteiger partial charge on any atom is 0.307 e. The lowest BCUT2D eigenvalue weighted by molar-refractivity contribution is -0.143. The van der Waals surface area contributed by atoms with Crippen molar-refractivity contribution in [3.8, 4) is 5.75 Å². The highest BCUT2D eigenvalue weighted by molar-refractivity contribution is 7.89. The number of nitrogens with zero attached hydrogens (tertiary/aromatic N) is 1. The molecule has 0 radical (unpaired) electrons. The summed E-state index contributed by atoms with van der Waals surface area (Å²) >= 11 is 12.4. The smallest absolute Gasteiger partial charge is 0.307 e. The molecule has 2 aromatic carbocycles. The average molecular weight is 446 g/mol. The van der Waals surface area contributed by atoms with Crippen LogP contribution in [0.3, 0.4) is 0 Å². The quantitative estimate of drug-likeness (QED) is 0.542. The van der Waals surface area contributed by atoms with Crippen LogP contribution in [0, 0.1) is 0 Å². The number of rotatable bonds is 9. The van der Waals surface area contributed by atoms with Gasteiger partial charge in [0.2, 0.25) is 10.0 Å². The van der Waals surface area contributed by atoms with Gasteiger partial charge in [-0.2, -0.15) is 4.31 Å². The van der Waals surface area contributed by atoms with Gasteiger partial charge in [0.15, 0.2) is 0 Å².